The zero-order valence-corrected chi connectivity index (χ0v) is 9.85. The first kappa shape index (κ1) is 13.4. The highest BCUT2D eigenvalue weighted by atomic mass is 35.5. The molecule has 2 N–H and O–H groups in total. The molecule has 0 spiro atoms. The van der Waals surface area contributed by atoms with Gasteiger partial charge in [-0.15, -0.1) is 0 Å². The molecule has 0 radical (unpaired) electrons. The van der Waals surface area contributed by atoms with E-state index in [9.17, 15) is 17.6 Å². The van der Waals surface area contributed by atoms with Gasteiger partial charge in [-0.1, -0.05) is 11.6 Å². The molecule has 1 unspecified atom stereocenters. The van der Waals surface area contributed by atoms with Crippen molar-refractivity contribution in [2.24, 2.45) is 5.73 Å². The molecule has 0 aromatic heterocycles. The number of benzene rings is 1. The number of ether oxygens (including phenoxy) is 1. The molecule has 0 saturated carbocycles. The average Bonchev–Trinajstić information content (AvgIpc) is 2.74. The number of alkyl halides is 4. The standard InChI is InChI=1S/C11H10ClF4NO/c12-6-3-5-1-2-18-8(5)7(4-6)9(17)11(15,16)10(13)14/h3-4,9-10H,1-2,17H2. The quantitative estimate of drug-likeness (QED) is 0.865. The van der Waals surface area contributed by atoms with Gasteiger partial charge in [-0.3, -0.25) is 0 Å². The topological polar surface area (TPSA) is 35.2 Å². The average molecular weight is 284 g/mol. The van der Waals surface area contributed by atoms with Crippen LogP contribution in [-0.2, 0) is 6.42 Å². The van der Waals surface area contributed by atoms with Gasteiger partial charge < -0.3 is 10.5 Å². The van der Waals surface area contributed by atoms with Gasteiger partial charge in [-0.2, -0.15) is 8.78 Å². The van der Waals surface area contributed by atoms with Crippen LogP contribution in [0.2, 0.25) is 5.02 Å². The monoisotopic (exact) mass is 283 g/mol. The SMILES string of the molecule is NC(c1cc(Cl)cc2c1OCC2)C(F)(F)C(F)F. The fourth-order valence-corrected chi connectivity index (χ4v) is 2.12. The fraction of sp³-hybridized carbons (Fsp3) is 0.455. The largest absolute Gasteiger partial charge is 0.493 e. The summed E-state index contributed by atoms with van der Waals surface area (Å²) in [6.07, 6.45) is -3.35. The smallest absolute Gasteiger partial charge is 0.326 e. The van der Waals surface area contributed by atoms with E-state index in [0.29, 0.717) is 18.6 Å². The van der Waals surface area contributed by atoms with E-state index in [1.165, 1.54) is 0 Å². The molecule has 2 nitrogen and oxygen atoms in total. The normalized spacial score (nSPS) is 16.6. The lowest BCUT2D eigenvalue weighted by atomic mass is 9.98. The number of hydrogen-bond acceptors (Lipinski definition) is 2. The van der Waals surface area contributed by atoms with Crippen LogP contribution in [-0.4, -0.2) is 19.0 Å². The Labute approximate surface area is 106 Å². The van der Waals surface area contributed by atoms with E-state index in [1.54, 1.807) is 6.07 Å². The number of hydrogen-bond donors (Lipinski definition) is 1. The number of rotatable bonds is 3. The van der Waals surface area contributed by atoms with Crippen molar-refractivity contribution in [2.75, 3.05) is 6.61 Å². The Morgan fingerprint density at radius 3 is 2.61 bits per heavy atom. The maximum absolute atomic E-state index is 13.3. The van der Waals surface area contributed by atoms with Gasteiger partial charge in [-0.25, -0.2) is 8.78 Å². The highest BCUT2D eigenvalue weighted by Crippen LogP contribution is 2.42. The zero-order valence-electron chi connectivity index (χ0n) is 9.10. The highest BCUT2D eigenvalue weighted by molar-refractivity contribution is 6.30. The Balaban J connectivity index is 2.46. The van der Waals surface area contributed by atoms with Crippen molar-refractivity contribution in [3.8, 4) is 5.75 Å². The minimum atomic E-state index is -4.33. The summed E-state index contributed by atoms with van der Waals surface area (Å²) >= 11 is 5.76. The van der Waals surface area contributed by atoms with Crippen molar-refractivity contribution in [1.82, 2.24) is 0 Å². The molecule has 1 aromatic rings. The van der Waals surface area contributed by atoms with Crippen LogP contribution in [0.15, 0.2) is 12.1 Å². The van der Waals surface area contributed by atoms with Gasteiger partial charge >= 0.3 is 12.3 Å². The van der Waals surface area contributed by atoms with Crippen molar-refractivity contribution in [3.05, 3.63) is 28.3 Å². The van der Waals surface area contributed by atoms with Crippen LogP contribution >= 0.6 is 11.6 Å². The summed E-state index contributed by atoms with van der Waals surface area (Å²) in [5.41, 5.74) is 5.68. The van der Waals surface area contributed by atoms with E-state index < -0.39 is 18.4 Å². The van der Waals surface area contributed by atoms with Gasteiger partial charge in [0.2, 0.25) is 0 Å². The van der Waals surface area contributed by atoms with Crippen LogP contribution in [0.3, 0.4) is 0 Å². The Morgan fingerprint density at radius 1 is 1.33 bits per heavy atom. The molecular weight excluding hydrogens is 274 g/mol. The maximum Gasteiger partial charge on any atom is 0.326 e. The van der Waals surface area contributed by atoms with Gasteiger partial charge in [0, 0.05) is 17.0 Å². The van der Waals surface area contributed by atoms with E-state index in [-0.39, 0.29) is 16.3 Å². The molecule has 2 rings (SSSR count). The van der Waals surface area contributed by atoms with Gasteiger partial charge in [0.25, 0.3) is 0 Å². The molecule has 1 aromatic carbocycles. The maximum atomic E-state index is 13.3. The molecule has 0 fully saturated rings. The van der Waals surface area contributed by atoms with Gasteiger partial charge in [0.05, 0.1) is 6.61 Å². The van der Waals surface area contributed by atoms with Crippen LogP contribution in [0.4, 0.5) is 17.6 Å². The lowest BCUT2D eigenvalue weighted by molar-refractivity contribution is -0.144. The lowest BCUT2D eigenvalue weighted by Gasteiger charge is -2.24. The van der Waals surface area contributed by atoms with E-state index in [0.717, 1.165) is 6.07 Å². The van der Waals surface area contributed by atoms with E-state index in [4.69, 9.17) is 22.1 Å². The Hall–Kier alpha value is -1.01. The van der Waals surface area contributed by atoms with Crippen molar-refractivity contribution >= 4 is 11.6 Å². The molecule has 0 bridgehead atoms. The molecular formula is C11H10ClF4NO. The van der Waals surface area contributed by atoms with Crippen molar-refractivity contribution in [1.29, 1.82) is 0 Å². The third-order valence-corrected chi connectivity index (χ3v) is 3.04. The number of halogens is 5. The molecule has 100 valence electrons. The van der Waals surface area contributed by atoms with Crippen molar-refractivity contribution in [2.45, 2.75) is 24.8 Å². The second-order valence-corrected chi connectivity index (χ2v) is 4.47. The summed E-state index contributed by atoms with van der Waals surface area (Å²) in [6, 6.07) is 0.552. The third-order valence-electron chi connectivity index (χ3n) is 2.82. The van der Waals surface area contributed by atoms with Crippen molar-refractivity contribution < 1.29 is 22.3 Å². The molecule has 1 aliphatic heterocycles. The van der Waals surface area contributed by atoms with E-state index in [2.05, 4.69) is 0 Å². The van der Waals surface area contributed by atoms with Crippen LogP contribution in [0, 0.1) is 0 Å². The molecule has 1 aliphatic rings. The number of fused-ring (bicyclic) bond motifs is 1. The van der Waals surface area contributed by atoms with Gasteiger partial charge in [-0.05, 0) is 17.7 Å². The second kappa shape index (κ2) is 4.59. The molecule has 1 atom stereocenters. The Kier molecular flexibility index (Phi) is 3.42. The summed E-state index contributed by atoms with van der Waals surface area (Å²) in [6.45, 7) is 0.301. The predicted octanol–water partition coefficient (Wildman–Crippen LogP) is 3.18. The Morgan fingerprint density at radius 2 is 2.00 bits per heavy atom. The number of nitrogens with two attached hydrogens (primary N) is 1. The minimum Gasteiger partial charge on any atom is -0.493 e. The van der Waals surface area contributed by atoms with E-state index in [1.807, 2.05) is 0 Å². The zero-order chi connectivity index (χ0) is 13.5. The molecule has 1 heterocycles. The summed E-state index contributed by atoms with van der Waals surface area (Å²) in [4.78, 5) is 0. The highest BCUT2D eigenvalue weighted by Gasteiger charge is 2.49. The van der Waals surface area contributed by atoms with Crippen LogP contribution in [0.5, 0.6) is 5.75 Å². The summed E-state index contributed by atoms with van der Waals surface area (Å²) in [5, 5.41) is 0.176. The van der Waals surface area contributed by atoms with Crippen molar-refractivity contribution in [3.63, 3.8) is 0 Å². The molecule has 0 aliphatic carbocycles. The molecule has 0 saturated heterocycles. The molecule has 7 heteroatoms. The van der Waals surface area contributed by atoms with Crippen LogP contribution in [0.25, 0.3) is 0 Å². The summed E-state index contributed by atoms with van der Waals surface area (Å²) in [5.74, 6) is -4.18. The van der Waals surface area contributed by atoms with Gasteiger partial charge in [0.15, 0.2) is 0 Å². The van der Waals surface area contributed by atoms with Gasteiger partial charge in [0.1, 0.15) is 11.8 Å². The van der Waals surface area contributed by atoms with E-state index >= 15 is 0 Å². The molecule has 18 heavy (non-hydrogen) atoms. The fourth-order valence-electron chi connectivity index (χ4n) is 1.87. The lowest BCUT2D eigenvalue weighted by Crippen LogP contribution is -2.39. The summed E-state index contributed by atoms with van der Waals surface area (Å²) < 4.78 is 56.3. The first-order valence-electron chi connectivity index (χ1n) is 5.20. The van der Waals surface area contributed by atoms with Crippen LogP contribution < -0.4 is 10.5 Å². The first-order valence-corrected chi connectivity index (χ1v) is 5.58. The summed E-state index contributed by atoms with van der Waals surface area (Å²) in [7, 11) is 0. The molecule has 0 amide bonds. The Bertz CT molecular complexity index is 467. The first-order chi connectivity index (χ1) is 8.34. The van der Waals surface area contributed by atoms with Crippen LogP contribution in [0.1, 0.15) is 17.2 Å². The minimum absolute atomic E-state index is 0.146. The third kappa shape index (κ3) is 2.14. The predicted molar refractivity (Wildman–Crippen MR) is 58.5 cm³/mol. The second-order valence-electron chi connectivity index (χ2n) is 4.03.